The number of carbonyl (C=O) groups is 2. The van der Waals surface area contributed by atoms with Crippen LogP contribution >= 0.6 is 0 Å². The van der Waals surface area contributed by atoms with Crippen molar-refractivity contribution in [3.8, 4) is 0 Å². The van der Waals surface area contributed by atoms with E-state index in [9.17, 15) is 9.59 Å². The Morgan fingerprint density at radius 1 is 1.15 bits per heavy atom. The molecule has 1 fully saturated rings. The van der Waals surface area contributed by atoms with Crippen LogP contribution in [0.4, 0.5) is 5.69 Å². The second-order valence-corrected chi connectivity index (χ2v) is 5.36. The lowest BCUT2D eigenvalue weighted by molar-refractivity contribution is -0.114. The number of rotatable bonds is 4. The molecule has 4 nitrogen and oxygen atoms in total. The summed E-state index contributed by atoms with van der Waals surface area (Å²) < 4.78 is 0. The van der Waals surface area contributed by atoms with Crippen LogP contribution in [0.5, 0.6) is 0 Å². The summed E-state index contributed by atoms with van der Waals surface area (Å²) in [5, 5.41) is 2.73. The van der Waals surface area contributed by atoms with E-state index in [2.05, 4.69) is 10.2 Å². The average molecular weight is 274 g/mol. The molecule has 1 amide bonds. The zero-order chi connectivity index (χ0) is 14.5. The molecule has 2 rings (SSSR count). The highest BCUT2D eigenvalue weighted by Crippen LogP contribution is 2.21. The molecule has 1 heterocycles. The molecule has 1 atom stereocenters. The largest absolute Gasteiger partial charge is 0.326 e. The summed E-state index contributed by atoms with van der Waals surface area (Å²) in [6.45, 7) is 5.37. The lowest BCUT2D eigenvalue weighted by Gasteiger charge is -2.31. The Morgan fingerprint density at radius 2 is 1.80 bits per heavy atom. The van der Waals surface area contributed by atoms with Gasteiger partial charge in [0.25, 0.3) is 0 Å². The van der Waals surface area contributed by atoms with E-state index in [1.54, 1.807) is 12.1 Å². The van der Waals surface area contributed by atoms with Gasteiger partial charge in [0.05, 0.1) is 11.7 Å². The van der Waals surface area contributed by atoms with Crippen molar-refractivity contribution in [1.82, 2.24) is 4.90 Å². The number of carbonyl (C=O) groups excluding carboxylic acids is 2. The average Bonchev–Trinajstić information content (AvgIpc) is 2.46. The Balaban J connectivity index is 2.17. The van der Waals surface area contributed by atoms with Crippen molar-refractivity contribution in [2.75, 3.05) is 18.4 Å². The number of hydrogen-bond acceptors (Lipinski definition) is 3. The first-order valence-corrected chi connectivity index (χ1v) is 7.24. The molecule has 1 aromatic carbocycles. The number of likely N-dealkylation sites (tertiary alicyclic amines) is 1. The van der Waals surface area contributed by atoms with Gasteiger partial charge in [0.2, 0.25) is 5.91 Å². The van der Waals surface area contributed by atoms with Crippen molar-refractivity contribution < 1.29 is 9.59 Å². The number of nitrogens with one attached hydrogen (secondary N) is 1. The number of Topliss-reactive ketones (excluding diaryl/α,β-unsaturated/α-hetero) is 1. The molecule has 1 aliphatic rings. The van der Waals surface area contributed by atoms with Crippen LogP contribution in [-0.4, -0.2) is 35.7 Å². The molecule has 0 radical (unpaired) electrons. The molecule has 1 N–H and O–H groups in total. The number of amides is 1. The molecule has 0 bridgehead atoms. The van der Waals surface area contributed by atoms with Gasteiger partial charge in [-0.05, 0) is 45.0 Å². The third kappa shape index (κ3) is 3.45. The Morgan fingerprint density at radius 3 is 2.45 bits per heavy atom. The summed E-state index contributed by atoms with van der Waals surface area (Å²) in [5.74, 6) is -0.0767. The van der Waals surface area contributed by atoms with Gasteiger partial charge in [-0.2, -0.15) is 0 Å². The van der Waals surface area contributed by atoms with Crippen LogP contribution in [0.25, 0.3) is 0 Å². The van der Waals surface area contributed by atoms with E-state index in [0.717, 1.165) is 25.9 Å². The maximum absolute atomic E-state index is 12.7. The molecule has 1 unspecified atom stereocenters. The van der Waals surface area contributed by atoms with Gasteiger partial charge in [-0.15, -0.1) is 0 Å². The SMILES string of the molecule is CC(=O)Nc1ccccc1C(=O)C(C)N1CCCCC1. The number of anilines is 1. The van der Waals surface area contributed by atoms with E-state index in [1.165, 1.54) is 13.3 Å². The minimum atomic E-state index is -0.157. The fraction of sp³-hybridized carbons (Fsp3) is 0.500. The normalized spacial score (nSPS) is 17.5. The first kappa shape index (κ1) is 14.7. The van der Waals surface area contributed by atoms with Gasteiger partial charge in [0, 0.05) is 12.5 Å². The van der Waals surface area contributed by atoms with Gasteiger partial charge in [0.1, 0.15) is 0 Å². The number of ketones is 1. The van der Waals surface area contributed by atoms with E-state index >= 15 is 0 Å². The number of nitrogens with zero attached hydrogens (tertiary/aromatic N) is 1. The highest BCUT2D eigenvalue weighted by atomic mass is 16.1. The third-order valence-electron chi connectivity index (χ3n) is 3.82. The number of para-hydroxylation sites is 1. The molecule has 20 heavy (non-hydrogen) atoms. The zero-order valence-electron chi connectivity index (χ0n) is 12.2. The van der Waals surface area contributed by atoms with Crippen LogP contribution in [0.3, 0.4) is 0 Å². The van der Waals surface area contributed by atoms with Gasteiger partial charge in [-0.1, -0.05) is 18.6 Å². The molecule has 1 aliphatic heterocycles. The van der Waals surface area contributed by atoms with Crippen molar-refractivity contribution >= 4 is 17.4 Å². The second-order valence-electron chi connectivity index (χ2n) is 5.36. The molecule has 108 valence electrons. The van der Waals surface area contributed by atoms with E-state index in [-0.39, 0.29) is 17.7 Å². The minimum Gasteiger partial charge on any atom is -0.326 e. The number of piperidine rings is 1. The molecule has 0 saturated carbocycles. The molecular weight excluding hydrogens is 252 g/mol. The predicted octanol–water partition coefficient (Wildman–Crippen LogP) is 2.70. The summed E-state index contributed by atoms with van der Waals surface area (Å²) in [7, 11) is 0. The zero-order valence-corrected chi connectivity index (χ0v) is 12.2. The molecule has 1 aromatic rings. The fourth-order valence-electron chi connectivity index (χ4n) is 2.69. The smallest absolute Gasteiger partial charge is 0.221 e. The summed E-state index contributed by atoms with van der Waals surface area (Å²) in [6, 6.07) is 7.09. The fourth-order valence-corrected chi connectivity index (χ4v) is 2.69. The van der Waals surface area contributed by atoms with E-state index in [1.807, 2.05) is 19.1 Å². The molecule has 0 aromatic heterocycles. The van der Waals surface area contributed by atoms with E-state index in [4.69, 9.17) is 0 Å². The van der Waals surface area contributed by atoms with Crippen LogP contribution in [0.1, 0.15) is 43.5 Å². The molecule has 0 spiro atoms. The molecule has 0 aliphatic carbocycles. The quantitative estimate of drug-likeness (QED) is 0.859. The van der Waals surface area contributed by atoms with Crippen LogP contribution in [0.2, 0.25) is 0 Å². The van der Waals surface area contributed by atoms with E-state index < -0.39 is 0 Å². The highest BCUT2D eigenvalue weighted by molar-refractivity contribution is 6.06. The van der Waals surface area contributed by atoms with Gasteiger partial charge in [-0.3, -0.25) is 14.5 Å². The Bertz CT molecular complexity index is 493. The number of benzene rings is 1. The highest BCUT2D eigenvalue weighted by Gasteiger charge is 2.25. The maximum Gasteiger partial charge on any atom is 0.221 e. The van der Waals surface area contributed by atoms with Gasteiger partial charge in [-0.25, -0.2) is 0 Å². The lowest BCUT2D eigenvalue weighted by Crippen LogP contribution is -2.42. The van der Waals surface area contributed by atoms with E-state index in [0.29, 0.717) is 11.3 Å². The molecular formula is C16H22N2O2. The maximum atomic E-state index is 12.7. The molecule has 1 saturated heterocycles. The van der Waals surface area contributed by atoms with Gasteiger partial charge < -0.3 is 5.32 Å². The van der Waals surface area contributed by atoms with Crippen LogP contribution < -0.4 is 5.32 Å². The Hall–Kier alpha value is -1.68. The first-order valence-electron chi connectivity index (χ1n) is 7.24. The number of hydrogen-bond donors (Lipinski definition) is 1. The summed E-state index contributed by atoms with van der Waals surface area (Å²) in [6.07, 6.45) is 3.57. The second kappa shape index (κ2) is 6.66. The summed E-state index contributed by atoms with van der Waals surface area (Å²) in [4.78, 5) is 26.1. The molecule has 4 heteroatoms. The van der Waals surface area contributed by atoms with Crippen LogP contribution in [0, 0.1) is 0 Å². The summed E-state index contributed by atoms with van der Waals surface area (Å²) >= 11 is 0. The monoisotopic (exact) mass is 274 g/mol. The standard InChI is InChI=1S/C16H22N2O2/c1-12(18-10-6-3-7-11-18)16(20)14-8-4-5-9-15(14)17-13(2)19/h4-5,8-9,12H,3,6-7,10-11H2,1-2H3,(H,17,19). The predicted molar refractivity (Wildman–Crippen MR) is 80.0 cm³/mol. The Kier molecular flexibility index (Phi) is 4.90. The topological polar surface area (TPSA) is 49.4 Å². The van der Waals surface area contributed by atoms with Crippen molar-refractivity contribution in [3.05, 3.63) is 29.8 Å². The lowest BCUT2D eigenvalue weighted by atomic mass is 10.00. The van der Waals surface area contributed by atoms with Crippen LogP contribution in [0.15, 0.2) is 24.3 Å². The van der Waals surface area contributed by atoms with Crippen molar-refractivity contribution in [2.45, 2.75) is 39.2 Å². The van der Waals surface area contributed by atoms with Crippen molar-refractivity contribution in [3.63, 3.8) is 0 Å². The van der Waals surface area contributed by atoms with Crippen molar-refractivity contribution in [2.24, 2.45) is 0 Å². The summed E-state index contributed by atoms with van der Waals surface area (Å²) in [5.41, 5.74) is 1.20. The Labute approximate surface area is 120 Å². The third-order valence-corrected chi connectivity index (χ3v) is 3.82. The first-order chi connectivity index (χ1) is 9.59. The van der Waals surface area contributed by atoms with Gasteiger partial charge >= 0.3 is 0 Å². The van der Waals surface area contributed by atoms with Crippen molar-refractivity contribution in [1.29, 1.82) is 0 Å². The van der Waals surface area contributed by atoms with Crippen LogP contribution in [-0.2, 0) is 4.79 Å². The minimum absolute atomic E-state index is 0.0799. The van der Waals surface area contributed by atoms with Gasteiger partial charge in [0.15, 0.2) is 5.78 Å².